The molecule has 0 saturated heterocycles. The van der Waals surface area contributed by atoms with Crippen LogP contribution < -0.4 is 10.6 Å². The van der Waals surface area contributed by atoms with Crippen molar-refractivity contribution in [2.24, 2.45) is 5.73 Å². The largest absolute Gasteiger partial charge is 0.399 e. The number of carbonyl (C=O) groups is 2. The van der Waals surface area contributed by atoms with Gasteiger partial charge in [0.2, 0.25) is 5.91 Å². The van der Waals surface area contributed by atoms with Gasteiger partial charge in [-0.1, -0.05) is 69.0 Å². The zero-order chi connectivity index (χ0) is 24.5. The third kappa shape index (κ3) is 5.63. The number of allylic oxidation sites excluding steroid dienone is 3. The summed E-state index contributed by atoms with van der Waals surface area (Å²) in [5.74, 6) is -0.987. The first kappa shape index (κ1) is 25.3. The lowest BCUT2D eigenvalue weighted by Gasteiger charge is -2.22. The highest BCUT2D eigenvalue weighted by molar-refractivity contribution is 6.24. The van der Waals surface area contributed by atoms with E-state index in [1.165, 1.54) is 6.92 Å². The fourth-order valence-electron chi connectivity index (χ4n) is 3.47. The van der Waals surface area contributed by atoms with Gasteiger partial charge in [-0.25, -0.2) is 4.90 Å². The number of hydrogen-bond donors (Lipinski definition) is 1. The van der Waals surface area contributed by atoms with Crippen LogP contribution in [0.4, 0.5) is 5.69 Å². The van der Waals surface area contributed by atoms with Gasteiger partial charge in [0.05, 0.1) is 16.8 Å². The van der Waals surface area contributed by atoms with Crippen LogP contribution in [0.25, 0.3) is 16.5 Å². The number of hydrogen-bond acceptors (Lipinski definition) is 4. The number of imide groups is 1. The molecule has 0 radical (unpaired) electrons. The van der Waals surface area contributed by atoms with Crippen LogP contribution in [-0.2, 0) is 9.59 Å². The molecular weight excluding hydrogens is 410 g/mol. The zero-order valence-corrected chi connectivity index (χ0v) is 19.9. The summed E-state index contributed by atoms with van der Waals surface area (Å²) in [6.45, 7) is 13.0. The van der Waals surface area contributed by atoms with E-state index in [1.54, 1.807) is 30.5 Å². The first-order valence-electron chi connectivity index (χ1n) is 10.9. The first-order chi connectivity index (χ1) is 15.8. The molecule has 5 heteroatoms. The highest BCUT2D eigenvalue weighted by Crippen LogP contribution is 2.28. The van der Waals surface area contributed by atoms with Crippen molar-refractivity contribution in [1.29, 1.82) is 0 Å². The van der Waals surface area contributed by atoms with Crippen LogP contribution in [0.3, 0.4) is 0 Å². The van der Waals surface area contributed by atoms with Gasteiger partial charge in [0.1, 0.15) is 0 Å². The molecule has 3 rings (SSSR count). The van der Waals surface area contributed by atoms with Gasteiger partial charge in [-0.3, -0.25) is 14.6 Å². The Morgan fingerprint density at radius 3 is 2.30 bits per heavy atom. The summed E-state index contributed by atoms with van der Waals surface area (Å²) >= 11 is 0. The Bertz CT molecular complexity index is 1230. The van der Waals surface area contributed by atoms with Crippen LogP contribution >= 0.6 is 0 Å². The van der Waals surface area contributed by atoms with Crippen molar-refractivity contribution in [3.05, 3.63) is 102 Å². The molecule has 170 valence electrons. The number of aryl methyl sites for hydroxylation is 1. The Balaban J connectivity index is 0.00000187. The molecule has 0 fully saturated rings. The van der Waals surface area contributed by atoms with Crippen molar-refractivity contribution >= 4 is 34.0 Å². The van der Waals surface area contributed by atoms with Gasteiger partial charge in [0.25, 0.3) is 5.91 Å². The van der Waals surface area contributed by atoms with Crippen LogP contribution in [-0.4, -0.2) is 16.8 Å². The molecule has 1 aromatic heterocycles. The second-order valence-corrected chi connectivity index (χ2v) is 7.15. The normalized spacial score (nSPS) is 11.4. The number of benzene rings is 2. The maximum atomic E-state index is 13.6. The average Bonchev–Trinajstić information content (AvgIpc) is 2.81. The van der Waals surface area contributed by atoms with Gasteiger partial charge in [0, 0.05) is 24.2 Å². The van der Waals surface area contributed by atoms with Crippen molar-refractivity contribution < 1.29 is 9.59 Å². The van der Waals surface area contributed by atoms with Gasteiger partial charge in [0.15, 0.2) is 0 Å². The standard InChI is InChI=1S/C26H25N3O2.C2H6/c1-5-20(22-13-7-6-10-17(22)2)16-23(18(3)27)26(31)29(19(4)30)24-14-8-11-21-12-9-15-28-25(21)24;1-2/h5-16H,3,27H2,1-2,4H3;1-2H3/b20-5-,23-16-;. The number of nitrogens with zero attached hydrogens (tertiary/aromatic N) is 2. The minimum absolute atomic E-state index is 0.0809. The quantitative estimate of drug-likeness (QED) is 0.392. The van der Waals surface area contributed by atoms with Crippen LogP contribution in [0, 0.1) is 6.92 Å². The minimum atomic E-state index is -0.550. The molecule has 0 aliphatic carbocycles. The average molecular weight is 442 g/mol. The number of fused-ring (bicyclic) bond motifs is 1. The van der Waals surface area contributed by atoms with Crippen molar-refractivity contribution in [1.82, 2.24) is 4.98 Å². The number of aromatic nitrogens is 1. The summed E-state index contributed by atoms with van der Waals surface area (Å²) in [5, 5.41) is 0.824. The number of rotatable bonds is 5. The molecule has 2 aromatic carbocycles. The van der Waals surface area contributed by atoms with E-state index in [0.717, 1.165) is 27.0 Å². The Morgan fingerprint density at radius 2 is 1.70 bits per heavy atom. The van der Waals surface area contributed by atoms with Gasteiger partial charge in [-0.15, -0.1) is 0 Å². The molecule has 3 aromatic rings. The summed E-state index contributed by atoms with van der Waals surface area (Å²) < 4.78 is 0. The second-order valence-electron chi connectivity index (χ2n) is 7.15. The van der Waals surface area contributed by atoms with Gasteiger partial charge in [-0.2, -0.15) is 0 Å². The van der Waals surface area contributed by atoms with Crippen molar-refractivity contribution in [3.63, 3.8) is 0 Å². The third-order valence-corrected chi connectivity index (χ3v) is 5.01. The van der Waals surface area contributed by atoms with Crippen LogP contribution in [0.5, 0.6) is 0 Å². The molecule has 1 heterocycles. The molecule has 0 bridgehead atoms. The van der Waals surface area contributed by atoms with E-state index in [2.05, 4.69) is 11.6 Å². The molecule has 33 heavy (non-hydrogen) atoms. The number of anilines is 1. The fourth-order valence-corrected chi connectivity index (χ4v) is 3.47. The lowest BCUT2D eigenvalue weighted by atomic mass is 9.97. The van der Waals surface area contributed by atoms with E-state index in [1.807, 2.05) is 70.2 Å². The number of nitrogens with two attached hydrogens (primary N) is 1. The summed E-state index contributed by atoms with van der Waals surface area (Å²) in [5.41, 5.74) is 10.1. The first-order valence-corrected chi connectivity index (χ1v) is 10.9. The van der Waals surface area contributed by atoms with Crippen LogP contribution in [0.2, 0.25) is 0 Å². The van der Waals surface area contributed by atoms with Gasteiger partial charge < -0.3 is 5.73 Å². The van der Waals surface area contributed by atoms with Crippen LogP contribution in [0.15, 0.2) is 90.8 Å². The number of carbonyl (C=O) groups excluding carboxylic acids is 2. The molecule has 2 amide bonds. The maximum absolute atomic E-state index is 13.6. The van der Waals surface area contributed by atoms with E-state index in [9.17, 15) is 9.59 Å². The lowest BCUT2D eigenvalue weighted by molar-refractivity contribution is -0.123. The lowest BCUT2D eigenvalue weighted by Crippen LogP contribution is -2.37. The number of amides is 2. The maximum Gasteiger partial charge on any atom is 0.267 e. The molecule has 0 aliphatic heterocycles. The Labute approximate surface area is 195 Å². The predicted molar refractivity (Wildman–Crippen MR) is 137 cm³/mol. The van der Waals surface area contributed by atoms with Gasteiger partial charge >= 0.3 is 0 Å². The number of pyridine rings is 1. The van der Waals surface area contributed by atoms with E-state index in [4.69, 9.17) is 5.73 Å². The van der Waals surface area contributed by atoms with Gasteiger partial charge in [-0.05, 0) is 48.8 Å². The second kappa shape index (κ2) is 11.6. The monoisotopic (exact) mass is 441 g/mol. The third-order valence-electron chi connectivity index (χ3n) is 5.01. The van der Waals surface area contributed by atoms with Crippen LogP contribution in [0.1, 0.15) is 38.8 Å². The minimum Gasteiger partial charge on any atom is -0.399 e. The molecule has 0 saturated carbocycles. The summed E-state index contributed by atoms with van der Waals surface area (Å²) in [4.78, 5) is 31.7. The van der Waals surface area contributed by atoms with E-state index < -0.39 is 11.8 Å². The Hall–Kier alpha value is -3.99. The van der Waals surface area contributed by atoms with E-state index in [-0.39, 0.29) is 11.3 Å². The molecule has 5 nitrogen and oxygen atoms in total. The predicted octanol–water partition coefficient (Wildman–Crippen LogP) is 5.95. The van der Waals surface area contributed by atoms with Crippen molar-refractivity contribution in [2.45, 2.75) is 34.6 Å². The number of para-hydroxylation sites is 1. The molecular formula is C28H31N3O2. The van der Waals surface area contributed by atoms with E-state index in [0.29, 0.717) is 11.2 Å². The molecule has 0 spiro atoms. The molecule has 0 atom stereocenters. The SMILES string of the molecule is C=C(N)/C(=C/C(=C/C)c1ccccc1C)C(=O)N(C(C)=O)c1cccc2cccnc12.CC. The fraction of sp³-hybridized carbons (Fsp3) is 0.179. The van der Waals surface area contributed by atoms with Crippen molar-refractivity contribution in [2.75, 3.05) is 4.90 Å². The molecule has 2 N–H and O–H groups in total. The summed E-state index contributed by atoms with van der Waals surface area (Å²) in [6, 6.07) is 16.9. The zero-order valence-electron chi connectivity index (χ0n) is 19.9. The summed E-state index contributed by atoms with van der Waals surface area (Å²) in [6.07, 6.45) is 5.21. The smallest absolute Gasteiger partial charge is 0.267 e. The Kier molecular flexibility index (Phi) is 8.87. The highest BCUT2D eigenvalue weighted by atomic mass is 16.2. The van der Waals surface area contributed by atoms with E-state index >= 15 is 0 Å². The Morgan fingerprint density at radius 1 is 1.03 bits per heavy atom. The molecule has 0 unspecified atom stereocenters. The van der Waals surface area contributed by atoms with Crippen molar-refractivity contribution in [3.8, 4) is 0 Å². The molecule has 0 aliphatic rings. The summed E-state index contributed by atoms with van der Waals surface area (Å²) in [7, 11) is 0. The topological polar surface area (TPSA) is 76.3 Å². The highest BCUT2D eigenvalue weighted by Gasteiger charge is 2.27.